The third-order valence-corrected chi connectivity index (χ3v) is 4.31. The van der Waals surface area contributed by atoms with Gasteiger partial charge in [0.05, 0.1) is 0 Å². The van der Waals surface area contributed by atoms with Gasteiger partial charge in [-0.25, -0.2) is 14.4 Å². The highest BCUT2D eigenvalue weighted by atomic mass is 19.1. The molecule has 2 aromatic rings. The van der Waals surface area contributed by atoms with Gasteiger partial charge in [0.25, 0.3) is 5.91 Å². The van der Waals surface area contributed by atoms with E-state index in [0.29, 0.717) is 17.3 Å². The Balaban J connectivity index is 1.61. The van der Waals surface area contributed by atoms with E-state index >= 15 is 0 Å². The highest BCUT2D eigenvalue weighted by molar-refractivity contribution is 6.03. The predicted octanol–water partition coefficient (Wildman–Crippen LogP) is 4.48. The fourth-order valence-electron chi connectivity index (χ4n) is 2.99. The lowest BCUT2D eigenvalue weighted by Crippen LogP contribution is -2.16. The van der Waals surface area contributed by atoms with Crippen molar-refractivity contribution in [1.82, 2.24) is 9.97 Å². The molecule has 0 atom stereocenters. The Morgan fingerprint density at radius 3 is 2.73 bits per heavy atom. The Hall–Kier alpha value is -2.76. The molecule has 0 aliphatic heterocycles. The largest absolute Gasteiger partial charge is 0.370 e. The van der Waals surface area contributed by atoms with Crippen LogP contribution < -0.4 is 10.6 Å². The molecule has 0 radical (unpaired) electrons. The van der Waals surface area contributed by atoms with Crippen LogP contribution in [0.4, 0.5) is 15.9 Å². The molecule has 136 valence electrons. The van der Waals surface area contributed by atoms with E-state index in [-0.39, 0.29) is 17.4 Å². The van der Waals surface area contributed by atoms with Crippen molar-refractivity contribution in [2.75, 3.05) is 17.2 Å². The number of anilines is 2. The molecular formula is C20H23FN4O. The summed E-state index contributed by atoms with van der Waals surface area (Å²) in [4.78, 5) is 20.9. The highest BCUT2D eigenvalue weighted by Crippen LogP contribution is 2.20. The molecular weight excluding hydrogens is 331 g/mol. The van der Waals surface area contributed by atoms with Gasteiger partial charge in [-0.05, 0) is 63.3 Å². The number of rotatable bonds is 6. The van der Waals surface area contributed by atoms with Crippen LogP contribution in [0.3, 0.4) is 0 Å². The van der Waals surface area contributed by atoms with Gasteiger partial charge in [-0.15, -0.1) is 0 Å². The van der Waals surface area contributed by atoms with Gasteiger partial charge in [0.1, 0.15) is 23.2 Å². The van der Waals surface area contributed by atoms with Crippen LogP contribution >= 0.6 is 0 Å². The number of aryl methyl sites for hydroxylation is 1. The minimum atomic E-state index is -0.347. The number of nitrogens with zero attached hydrogens (tertiary/aromatic N) is 2. The standard InChI is InChI=1S/C20H23FN4O/c1-14-23-18(20(26)25-17-9-7-16(21)8-10-17)13-19(24-14)22-12-11-15-5-3-2-4-6-15/h5,7-10,13H,2-4,6,11-12H2,1H3,(H,25,26)(H,22,23,24). The van der Waals surface area contributed by atoms with E-state index in [1.807, 2.05) is 0 Å². The van der Waals surface area contributed by atoms with Crippen LogP contribution in [0.15, 0.2) is 42.0 Å². The van der Waals surface area contributed by atoms with Crippen LogP contribution in [-0.4, -0.2) is 22.4 Å². The molecule has 6 heteroatoms. The topological polar surface area (TPSA) is 66.9 Å². The van der Waals surface area contributed by atoms with E-state index in [1.54, 1.807) is 13.0 Å². The average Bonchev–Trinajstić information content (AvgIpc) is 2.64. The zero-order valence-electron chi connectivity index (χ0n) is 14.9. The number of carbonyl (C=O) groups excluding carboxylic acids is 1. The molecule has 26 heavy (non-hydrogen) atoms. The van der Waals surface area contributed by atoms with E-state index in [0.717, 1.165) is 13.0 Å². The number of halogens is 1. The van der Waals surface area contributed by atoms with Crippen LogP contribution in [0.5, 0.6) is 0 Å². The summed E-state index contributed by atoms with van der Waals surface area (Å²) in [6.07, 6.45) is 8.23. The summed E-state index contributed by atoms with van der Waals surface area (Å²) in [5.41, 5.74) is 2.29. The van der Waals surface area contributed by atoms with Gasteiger partial charge in [-0.3, -0.25) is 4.79 Å². The molecule has 1 aromatic carbocycles. The van der Waals surface area contributed by atoms with Gasteiger partial charge in [0, 0.05) is 18.3 Å². The molecule has 1 aliphatic rings. The number of aromatic nitrogens is 2. The maximum Gasteiger partial charge on any atom is 0.274 e. The summed E-state index contributed by atoms with van der Waals surface area (Å²) in [5.74, 6) is 0.467. The molecule has 0 saturated carbocycles. The monoisotopic (exact) mass is 354 g/mol. The van der Waals surface area contributed by atoms with Gasteiger partial charge < -0.3 is 10.6 Å². The van der Waals surface area contributed by atoms with Crippen LogP contribution in [-0.2, 0) is 0 Å². The zero-order valence-corrected chi connectivity index (χ0v) is 14.9. The first-order valence-electron chi connectivity index (χ1n) is 8.94. The predicted molar refractivity (Wildman–Crippen MR) is 101 cm³/mol. The van der Waals surface area contributed by atoms with Crippen LogP contribution in [0.1, 0.15) is 48.4 Å². The third kappa shape index (κ3) is 5.12. The Bertz CT molecular complexity index is 802. The number of benzene rings is 1. The average molecular weight is 354 g/mol. The molecule has 1 heterocycles. The highest BCUT2D eigenvalue weighted by Gasteiger charge is 2.11. The van der Waals surface area contributed by atoms with Crippen molar-refractivity contribution >= 4 is 17.4 Å². The third-order valence-electron chi connectivity index (χ3n) is 4.31. The van der Waals surface area contributed by atoms with Crippen molar-refractivity contribution in [1.29, 1.82) is 0 Å². The van der Waals surface area contributed by atoms with Gasteiger partial charge in [0.2, 0.25) is 0 Å². The van der Waals surface area contributed by atoms with Gasteiger partial charge in [-0.2, -0.15) is 0 Å². The maximum atomic E-state index is 13.0. The SMILES string of the molecule is Cc1nc(NCCC2=CCCCC2)cc(C(=O)Nc2ccc(F)cc2)n1. The molecule has 1 aliphatic carbocycles. The number of hydrogen-bond donors (Lipinski definition) is 2. The summed E-state index contributed by atoms with van der Waals surface area (Å²) in [6.45, 7) is 2.53. The summed E-state index contributed by atoms with van der Waals surface area (Å²) in [6, 6.07) is 7.26. The summed E-state index contributed by atoms with van der Waals surface area (Å²) >= 11 is 0. The Kier molecular flexibility index (Phi) is 5.94. The first-order valence-corrected chi connectivity index (χ1v) is 8.94. The van der Waals surface area contributed by atoms with E-state index in [1.165, 1.54) is 55.5 Å². The normalized spacial score (nSPS) is 13.8. The van der Waals surface area contributed by atoms with Crippen LogP contribution in [0, 0.1) is 12.7 Å². The summed E-state index contributed by atoms with van der Waals surface area (Å²) in [5, 5.41) is 5.99. The first kappa shape index (κ1) is 18.0. The van der Waals surface area contributed by atoms with Crippen LogP contribution in [0.25, 0.3) is 0 Å². The van der Waals surface area contributed by atoms with Crippen molar-refractivity contribution in [3.63, 3.8) is 0 Å². The number of carbonyl (C=O) groups is 1. The summed E-state index contributed by atoms with van der Waals surface area (Å²) < 4.78 is 13.0. The summed E-state index contributed by atoms with van der Waals surface area (Å²) in [7, 11) is 0. The molecule has 2 N–H and O–H groups in total. The maximum absolute atomic E-state index is 13.0. The lowest BCUT2D eigenvalue weighted by Gasteiger charge is -2.13. The van der Waals surface area contributed by atoms with E-state index in [2.05, 4.69) is 26.7 Å². The number of allylic oxidation sites excluding steroid dienone is 1. The Morgan fingerprint density at radius 2 is 2.00 bits per heavy atom. The fraction of sp³-hybridized carbons (Fsp3) is 0.350. The Labute approximate surface area is 152 Å². The molecule has 0 bridgehead atoms. The van der Waals surface area contributed by atoms with Crippen molar-refractivity contribution < 1.29 is 9.18 Å². The van der Waals surface area contributed by atoms with E-state index in [9.17, 15) is 9.18 Å². The van der Waals surface area contributed by atoms with Gasteiger partial charge in [0.15, 0.2) is 0 Å². The second kappa shape index (κ2) is 8.56. The molecule has 3 rings (SSSR count). The first-order chi connectivity index (χ1) is 12.6. The quantitative estimate of drug-likeness (QED) is 0.751. The molecule has 0 fully saturated rings. The lowest BCUT2D eigenvalue weighted by molar-refractivity contribution is 0.102. The van der Waals surface area contributed by atoms with Gasteiger partial charge >= 0.3 is 0 Å². The molecule has 5 nitrogen and oxygen atoms in total. The van der Waals surface area contributed by atoms with E-state index < -0.39 is 0 Å². The lowest BCUT2D eigenvalue weighted by atomic mass is 9.97. The minimum Gasteiger partial charge on any atom is -0.370 e. The number of hydrogen-bond acceptors (Lipinski definition) is 4. The van der Waals surface area contributed by atoms with Crippen LogP contribution in [0.2, 0.25) is 0 Å². The van der Waals surface area contributed by atoms with Crippen molar-refractivity contribution in [3.05, 3.63) is 59.3 Å². The van der Waals surface area contributed by atoms with Gasteiger partial charge in [-0.1, -0.05) is 11.6 Å². The number of nitrogens with one attached hydrogen (secondary N) is 2. The smallest absolute Gasteiger partial charge is 0.274 e. The van der Waals surface area contributed by atoms with Crippen molar-refractivity contribution in [3.8, 4) is 0 Å². The van der Waals surface area contributed by atoms with Crippen molar-refractivity contribution in [2.45, 2.75) is 39.0 Å². The molecule has 1 amide bonds. The molecule has 0 saturated heterocycles. The fourth-order valence-corrected chi connectivity index (χ4v) is 2.99. The van der Waals surface area contributed by atoms with E-state index in [4.69, 9.17) is 0 Å². The Morgan fingerprint density at radius 1 is 1.19 bits per heavy atom. The zero-order chi connectivity index (χ0) is 18.4. The second-order valence-electron chi connectivity index (χ2n) is 6.43. The molecule has 1 aromatic heterocycles. The molecule has 0 unspecified atom stereocenters. The minimum absolute atomic E-state index is 0.279. The second-order valence-corrected chi connectivity index (χ2v) is 6.43. The number of amides is 1. The van der Waals surface area contributed by atoms with Crippen molar-refractivity contribution in [2.24, 2.45) is 0 Å². The molecule has 0 spiro atoms.